The second kappa shape index (κ2) is 7.03. The Balaban J connectivity index is 2.74. The SMILES string of the molecule is COc1cccc(S(=O)(=O)C(=[N+]=[N-])S(=O)(=O)c2c(C)cc(C)cc2C)c1. The predicted molar refractivity (Wildman–Crippen MR) is 96.6 cm³/mol. The lowest BCUT2D eigenvalue weighted by molar-refractivity contribution is 0.00379. The van der Waals surface area contributed by atoms with E-state index in [1.165, 1.54) is 25.3 Å². The van der Waals surface area contributed by atoms with Gasteiger partial charge in [0.25, 0.3) is 19.7 Å². The molecule has 9 heteroatoms. The zero-order valence-corrected chi connectivity index (χ0v) is 16.3. The van der Waals surface area contributed by atoms with E-state index in [0.29, 0.717) is 11.1 Å². The summed E-state index contributed by atoms with van der Waals surface area (Å²) in [6.07, 6.45) is 0. The van der Waals surface area contributed by atoms with Gasteiger partial charge in [-0.25, -0.2) is 16.8 Å². The van der Waals surface area contributed by atoms with Crippen molar-refractivity contribution in [2.75, 3.05) is 7.11 Å². The number of rotatable bonds is 3. The van der Waals surface area contributed by atoms with Gasteiger partial charge in [-0.1, -0.05) is 23.8 Å². The first-order valence-corrected chi connectivity index (χ1v) is 10.5. The highest BCUT2D eigenvalue weighted by atomic mass is 32.3. The zero-order chi connectivity index (χ0) is 19.7. The van der Waals surface area contributed by atoms with Crippen LogP contribution in [0.1, 0.15) is 16.7 Å². The van der Waals surface area contributed by atoms with Gasteiger partial charge in [-0.05, 0) is 50.1 Å². The highest BCUT2D eigenvalue weighted by molar-refractivity contribution is 8.31. The number of methoxy groups -OCH3 is 1. The summed E-state index contributed by atoms with van der Waals surface area (Å²) in [6, 6.07) is 8.51. The van der Waals surface area contributed by atoms with E-state index in [-0.39, 0.29) is 15.5 Å². The summed E-state index contributed by atoms with van der Waals surface area (Å²) in [7, 11) is -7.83. The molecule has 0 amide bonds. The van der Waals surface area contributed by atoms with Crippen molar-refractivity contribution in [1.82, 2.24) is 0 Å². The largest absolute Gasteiger partial charge is 0.504 e. The van der Waals surface area contributed by atoms with E-state index in [9.17, 15) is 22.4 Å². The van der Waals surface area contributed by atoms with E-state index < -0.39 is 24.1 Å². The minimum absolute atomic E-state index is 0.192. The number of hydrogen-bond acceptors (Lipinski definition) is 5. The molecule has 2 aromatic rings. The van der Waals surface area contributed by atoms with Crippen molar-refractivity contribution < 1.29 is 26.4 Å². The molecule has 0 heterocycles. The van der Waals surface area contributed by atoms with Gasteiger partial charge in [0.2, 0.25) is 0 Å². The van der Waals surface area contributed by atoms with Crippen LogP contribution in [0.4, 0.5) is 0 Å². The summed E-state index contributed by atoms with van der Waals surface area (Å²) in [5.74, 6) is 0.225. The predicted octanol–water partition coefficient (Wildman–Crippen LogP) is 2.45. The quantitative estimate of drug-likeness (QED) is 0.343. The minimum Gasteiger partial charge on any atom is -0.497 e. The number of sulfone groups is 2. The summed E-state index contributed by atoms with van der Waals surface area (Å²) in [5.41, 5.74) is 10.8. The van der Waals surface area contributed by atoms with Crippen LogP contribution in [0.15, 0.2) is 46.2 Å². The Hall–Kier alpha value is -2.48. The average Bonchev–Trinajstić information content (AvgIpc) is 2.53. The van der Waals surface area contributed by atoms with E-state index in [0.717, 1.165) is 11.6 Å². The molecule has 0 bridgehead atoms. The third kappa shape index (κ3) is 3.41. The van der Waals surface area contributed by atoms with E-state index >= 15 is 0 Å². The molecule has 0 radical (unpaired) electrons. The van der Waals surface area contributed by atoms with E-state index in [1.807, 2.05) is 0 Å². The molecule has 26 heavy (non-hydrogen) atoms. The number of ether oxygens (including phenoxy) is 1. The fourth-order valence-corrected chi connectivity index (χ4v) is 6.58. The van der Waals surface area contributed by atoms with Crippen molar-refractivity contribution in [3.63, 3.8) is 0 Å². The number of benzene rings is 2. The third-order valence-corrected chi connectivity index (χ3v) is 8.22. The molecule has 2 aromatic carbocycles. The minimum atomic E-state index is -4.60. The standard InChI is InChI=1S/C17H18N2O5S2/c1-11-8-12(2)16(13(3)9-11)26(22,23)17(19-18)25(20,21)15-7-5-6-14(10-15)24-4/h5-10H,1-4H3. The van der Waals surface area contributed by atoms with Crippen molar-refractivity contribution in [2.45, 2.75) is 30.6 Å². The van der Waals surface area contributed by atoms with E-state index in [1.54, 1.807) is 32.9 Å². The third-order valence-electron chi connectivity index (χ3n) is 3.77. The topological polar surface area (TPSA) is 114 Å². The van der Waals surface area contributed by atoms with E-state index in [2.05, 4.69) is 4.79 Å². The fraction of sp³-hybridized carbons (Fsp3) is 0.235. The van der Waals surface area contributed by atoms with Crippen molar-refractivity contribution in [3.05, 3.63) is 58.6 Å². The maximum Gasteiger partial charge on any atom is 0.504 e. The summed E-state index contributed by atoms with van der Waals surface area (Å²) in [4.78, 5) is 2.10. The molecular formula is C17H18N2O5S2. The Kier molecular flexibility index (Phi) is 5.36. The lowest BCUT2D eigenvalue weighted by Crippen LogP contribution is -2.27. The van der Waals surface area contributed by atoms with Crippen LogP contribution < -0.4 is 4.74 Å². The monoisotopic (exact) mass is 394 g/mol. The van der Waals surface area contributed by atoms with Crippen molar-refractivity contribution in [2.24, 2.45) is 0 Å². The molecule has 2 rings (SSSR count). The van der Waals surface area contributed by atoms with Gasteiger partial charge < -0.3 is 10.3 Å². The number of hydrogen-bond donors (Lipinski definition) is 0. The smallest absolute Gasteiger partial charge is 0.497 e. The van der Waals surface area contributed by atoms with Crippen molar-refractivity contribution in [1.29, 1.82) is 0 Å². The van der Waals surface area contributed by atoms with Gasteiger partial charge in [-0.2, -0.15) is 0 Å². The van der Waals surface area contributed by atoms with Crippen molar-refractivity contribution in [3.8, 4) is 5.75 Å². The molecule has 0 spiro atoms. The Morgan fingerprint density at radius 3 is 2.04 bits per heavy atom. The zero-order valence-electron chi connectivity index (χ0n) is 14.7. The first-order valence-electron chi connectivity index (χ1n) is 7.50. The normalized spacial score (nSPS) is 11.7. The van der Waals surface area contributed by atoms with Gasteiger partial charge in [-0.15, -0.1) is 4.79 Å². The van der Waals surface area contributed by atoms with Gasteiger partial charge in [0, 0.05) is 0 Å². The van der Waals surface area contributed by atoms with Gasteiger partial charge in [-0.3, -0.25) is 0 Å². The molecule has 0 fully saturated rings. The summed E-state index contributed by atoms with van der Waals surface area (Å²) in [6.45, 7) is 4.91. The number of nitrogens with zero attached hydrogens (tertiary/aromatic N) is 2. The van der Waals surface area contributed by atoms with Crippen LogP contribution >= 0.6 is 0 Å². The van der Waals surface area contributed by atoms with Gasteiger partial charge in [0.15, 0.2) is 0 Å². The Labute approximate surface area is 152 Å². The number of aryl methyl sites for hydroxylation is 3. The maximum atomic E-state index is 13.0. The fourth-order valence-electron chi connectivity index (χ4n) is 2.80. The molecule has 138 valence electrons. The lowest BCUT2D eigenvalue weighted by Gasteiger charge is -2.10. The Morgan fingerprint density at radius 1 is 0.962 bits per heavy atom. The molecule has 0 unspecified atom stereocenters. The molecule has 7 nitrogen and oxygen atoms in total. The van der Waals surface area contributed by atoms with Crippen molar-refractivity contribution >= 4 is 24.1 Å². The molecule has 0 aromatic heterocycles. The lowest BCUT2D eigenvalue weighted by atomic mass is 10.1. The second-order valence-corrected chi connectivity index (χ2v) is 9.70. The van der Waals surface area contributed by atoms with E-state index in [4.69, 9.17) is 4.74 Å². The first kappa shape index (κ1) is 19.8. The molecule has 0 aliphatic rings. The van der Waals surface area contributed by atoms with Crippen LogP contribution in [0, 0.1) is 20.8 Å². The van der Waals surface area contributed by atoms with Gasteiger partial charge in [0.1, 0.15) is 5.75 Å². The molecule has 0 aliphatic heterocycles. The van der Waals surface area contributed by atoms with Crippen LogP contribution in [0.25, 0.3) is 5.53 Å². The molecule has 0 atom stereocenters. The van der Waals surface area contributed by atoms with Crippen LogP contribution in [0.2, 0.25) is 0 Å². The summed E-state index contributed by atoms with van der Waals surface area (Å²) >= 11 is 0. The molecule has 0 aliphatic carbocycles. The highest BCUT2D eigenvalue weighted by Crippen LogP contribution is 2.27. The molecule has 0 N–H and O–H groups in total. The van der Waals surface area contributed by atoms with Gasteiger partial charge >= 0.3 is 4.38 Å². The van der Waals surface area contributed by atoms with Gasteiger partial charge in [0.05, 0.1) is 16.9 Å². The maximum absolute atomic E-state index is 13.0. The Bertz CT molecular complexity index is 1110. The average molecular weight is 394 g/mol. The summed E-state index contributed by atoms with van der Waals surface area (Å²) in [5, 5.41) is 0. The first-order chi connectivity index (χ1) is 12.1. The molecule has 0 saturated heterocycles. The van der Waals surface area contributed by atoms with Crippen LogP contribution in [-0.2, 0) is 19.7 Å². The van der Waals surface area contributed by atoms with Crippen LogP contribution in [-0.4, -0.2) is 33.1 Å². The second-order valence-electron chi connectivity index (χ2n) is 5.78. The van der Waals surface area contributed by atoms with Crippen LogP contribution in [0.3, 0.4) is 0 Å². The van der Waals surface area contributed by atoms with Crippen LogP contribution in [0.5, 0.6) is 5.75 Å². The molecule has 0 saturated carbocycles. The summed E-state index contributed by atoms with van der Waals surface area (Å²) < 4.78 is 55.3. The highest BCUT2D eigenvalue weighted by Gasteiger charge is 2.45. The Morgan fingerprint density at radius 2 is 1.54 bits per heavy atom. The molecular weight excluding hydrogens is 376 g/mol.